The van der Waals surface area contributed by atoms with Gasteiger partial charge in [0.15, 0.2) is 0 Å². The summed E-state index contributed by atoms with van der Waals surface area (Å²) in [7, 11) is 0. The first-order valence-electron chi connectivity index (χ1n) is 7.25. The predicted molar refractivity (Wildman–Crippen MR) is 80.3 cm³/mol. The quantitative estimate of drug-likeness (QED) is 0.877. The van der Waals surface area contributed by atoms with Crippen LogP contribution in [0.25, 0.3) is 0 Å². The van der Waals surface area contributed by atoms with E-state index in [1.807, 2.05) is 0 Å². The number of hydrogen-bond acceptors (Lipinski definition) is 3. The van der Waals surface area contributed by atoms with Gasteiger partial charge in [-0.25, -0.2) is 9.18 Å². The first-order chi connectivity index (χ1) is 10.5. The largest absolute Gasteiger partial charge is 0.481 e. The van der Waals surface area contributed by atoms with Crippen LogP contribution < -0.4 is 5.32 Å². The van der Waals surface area contributed by atoms with Gasteiger partial charge in [0, 0.05) is 23.7 Å². The molecule has 2 amide bonds. The molecule has 0 bridgehead atoms. The van der Waals surface area contributed by atoms with E-state index in [2.05, 4.69) is 5.32 Å². The number of carboxylic acids is 1. The van der Waals surface area contributed by atoms with Gasteiger partial charge in [-0.1, -0.05) is 0 Å². The van der Waals surface area contributed by atoms with Gasteiger partial charge in [-0.3, -0.25) is 4.79 Å². The Balaban J connectivity index is 1.68. The van der Waals surface area contributed by atoms with Crippen molar-refractivity contribution in [3.8, 4) is 0 Å². The van der Waals surface area contributed by atoms with E-state index in [1.54, 1.807) is 17.8 Å². The standard InChI is InChI=1S/C15H17FN2O3S/c16-10-1-2-13-11(7-10)12(4-6-22-13)17-15(21)18-5-3-9(8-18)14(19)20/h1-2,7,9,12H,3-6,8H2,(H,17,21)(H,19,20). The highest BCUT2D eigenvalue weighted by molar-refractivity contribution is 7.99. The van der Waals surface area contributed by atoms with Gasteiger partial charge >= 0.3 is 12.0 Å². The highest BCUT2D eigenvalue weighted by Crippen LogP contribution is 2.36. The third kappa shape index (κ3) is 3.04. The third-order valence-corrected chi connectivity index (χ3v) is 5.26. The van der Waals surface area contributed by atoms with Gasteiger partial charge in [0.25, 0.3) is 0 Å². The van der Waals surface area contributed by atoms with Crippen LogP contribution in [0, 0.1) is 11.7 Å². The molecule has 0 aliphatic carbocycles. The molecular weight excluding hydrogens is 307 g/mol. The average molecular weight is 324 g/mol. The molecule has 118 valence electrons. The van der Waals surface area contributed by atoms with E-state index in [1.165, 1.54) is 17.0 Å². The van der Waals surface area contributed by atoms with Gasteiger partial charge in [0.05, 0.1) is 12.0 Å². The topological polar surface area (TPSA) is 69.6 Å². The number of aliphatic carboxylic acids is 1. The zero-order valence-electron chi connectivity index (χ0n) is 11.9. The normalized spacial score (nSPS) is 24.0. The third-order valence-electron chi connectivity index (χ3n) is 4.13. The minimum Gasteiger partial charge on any atom is -0.481 e. The minimum atomic E-state index is -0.864. The van der Waals surface area contributed by atoms with Crippen LogP contribution in [-0.4, -0.2) is 40.8 Å². The number of carbonyl (C=O) groups excluding carboxylic acids is 1. The Labute approximate surface area is 131 Å². The number of nitrogens with zero attached hydrogens (tertiary/aromatic N) is 1. The Morgan fingerprint density at radius 1 is 1.36 bits per heavy atom. The summed E-state index contributed by atoms with van der Waals surface area (Å²) in [6.07, 6.45) is 1.22. The summed E-state index contributed by atoms with van der Waals surface area (Å²) in [5.74, 6) is -0.803. The van der Waals surface area contributed by atoms with Crippen LogP contribution in [0.2, 0.25) is 0 Å². The van der Waals surface area contributed by atoms with Gasteiger partial charge in [0.1, 0.15) is 5.82 Å². The molecule has 2 N–H and O–H groups in total. The van der Waals surface area contributed by atoms with E-state index in [4.69, 9.17) is 5.11 Å². The maximum Gasteiger partial charge on any atom is 0.317 e. The summed E-state index contributed by atoms with van der Waals surface area (Å²) in [6.45, 7) is 0.679. The number of nitrogens with one attached hydrogen (secondary N) is 1. The van der Waals surface area contributed by atoms with Crippen molar-refractivity contribution in [2.24, 2.45) is 5.92 Å². The lowest BCUT2D eigenvalue weighted by molar-refractivity contribution is -0.141. The van der Waals surface area contributed by atoms with Gasteiger partial charge in [0.2, 0.25) is 0 Å². The Bertz CT molecular complexity index is 610. The molecule has 1 fully saturated rings. The summed E-state index contributed by atoms with van der Waals surface area (Å²) >= 11 is 1.66. The van der Waals surface area contributed by atoms with Crippen molar-refractivity contribution in [1.82, 2.24) is 10.2 Å². The van der Waals surface area contributed by atoms with Gasteiger partial charge in [-0.2, -0.15) is 0 Å². The molecule has 22 heavy (non-hydrogen) atoms. The predicted octanol–water partition coefficient (Wildman–Crippen LogP) is 2.48. The maximum atomic E-state index is 13.4. The van der Waals surface area contributed by atoms with Gasteiger partial charge in [-0.15, -0.1) is 11.8 Å². The zero-order chi connectivity index (χ0) is 15.7. The van der Waals surface area contributed by atoms with Crippen molar-refractivity contribution < 1.29 is 19.1 Å². The number of thioether (sulfide) groups is 1. The molecule has 2 aliphatic rings. The Kier molecular flexibility index (Phi) is 4.24. The molecule has 5 nitrogen and oxygen atoms in total. The lowest BCUT2D eigenvalue weighted by Gasteiger charge is -2.28. The number of likely N-dealkylation sites (tertiary alicyclic amines) is 1. The van der Waals surface area contributed by atoms with Crippen LogP contribution in [0.15, 0.2) is 23.1 Å². The smallest absolute Gasteiger partial charge is 0.317 e. The molecule has 7 heteroatoms. The van der Waals surface area contributed by atoms with Crippen LogP contribution >= 0.6 is 11.8 Å². The van der Waals surface area contributed by atoms with E-state index in [-0.39, 0.29) is 24.4 Å². The lowest BCUT2D eigenvalue weighted by Crippen LogP contribution is -2.41. The van der Waals surface area contributed by atoms with Crippen molar-refractivity contribution in [1.29, 1.82) is 0 Å². The van der Waals surface area contributed by atoms with Crippen LogP contribution in [0.3, 0.4) is 0 Å². The molecule has 0 radical (unpaired) electrons. The van der Waals surface area contributed by atoms with E-state index < -0.39 is 11.9 Å². The molecule has 0 saturated carbocycles. The number of urea groups is 1. The molecule has 3 rings (SSSR count). The molecule has 0 aromatic heterocycles. The number of fused-ring (bicyclic) bond motifs is 1. The zero-order valence-corrected chi connectivity index (χ0v) is 12.7. The van der Waals surface area contributed by atoms with Crippen molar-refractivity contribution in [3.05, 3.63) is 29.6 Å². The molecular formula is C15H17FN2O3S. The van der Waals surface area contributed by atoms with Crippen molar-refractivity contribution in [2.75, 3.05) is 18.8 Å². The Morgan fingerprint density at radius 2 is 2.18 bits per heavy atom. The summed E-state index contributed by atoms with van der Waals surface area (Å²) in [6, 6.07) is 4.15. The second-order valence-electron chi connectivity index (χ2n) is 5.59. The number of amides is 2. The van der Waals surface area contributed by atoms with Crippen LogP contribution in [-0.2, 0) is 4.79 Å². The van der Waals surface area contributed by atoms with Crippen molar-refractivity contribution in [3.63, 3.8) is 0 Å². The fourth-order valence-corrected chi connectivity index (χ4v) is 4.01. The monoisotopic (exact) mass is 324 g/mol. The Morgan fingerprint density at radius 3 is 2.91 bits per heavy atom. The number of hydrogen-bond donors (Lipinski definition) is 2. The molecule has 0 spiro atoms. The van der Waals surface area contributed by atoms with E-state index in [9.17, 15) is 14.0 Å². The second kappa shape index (κ2) is 6.16. The lowest BCUT2D eigenvalue weighted by atomic mass is 10.0. The molecule has 1 saturated heterocycles. The highest BCUT2D eigenvalue weighted by Gasteiger charge is 2.32. The van der Waals surface area contributed by atoms with E-state index >= 15 is 0 Å². The molecule has 2 aliphatic heterocycles. The molecule has 2 atom stereocenters. The summed E-state index contributed by atoms with van der Waals surface area (Å²) in [4.78, 5) is 25.8. The van der Waals surface area contributed by atoms with Crippen molar-refractivity contribution in [2.45, 2.75) is 23.8 Å². The number of benzene rings is 1. The Hall–Kier alpha value is -1.76. The average Bonchev–Trinajstić information content (AvgIpc) is 2.98. The van der Waals surface area contributed by atoms with E-state index in [0.29, 0.717) is 13.0 Å². The number of halogens is 1. The van der Waals surface area contributed by atoms with Crippen LogP contribution in [0.4, 0.5) is 9.18 Å². The highest BCUT2D eigenvalue weighted by atomic mass is 32.2. The van der Waals surface area contributed by atoms with Gasteiger partial charge in [-0.05, 0) is 36.6 Å². The molecule has 2 unspecified atom stereocenters. The minimum absolute atomic E-state index is 0.219. The first-order valence-corrected chi connectivity index (χ1v) is 8.23. The maximum absolute atomic E-state index is 13.4. The molecule has 1 aromatic carbocycles. The number of carbonyl (C=O) groups is 2. The fourth-order valence-electron chi connectivity index (χ4n) is 2.90. The number of rotatable bonds is 2. The van der Waals surface area contributed by atoms with Crippen molar-refractivity contribution >= 4 is 23.8 Å². The summed E-state index contributed by atoms with van der Waals surface area (Å²) in [5, 5.41) is 11.9. The molecule has 1 aromatic rings. The van der Waals surface area contributed by atoms with Gasteiger partial charge < -0.3 is 15.3 Å². The SMILES string of the molecule is O=C(O)C1CCN(C(=O)NC2CCSc3ccc(F)cc32)C1. The number of carboxylic acid groups (broad SMARTS) is 1. The fraction of sp³-hybridized carbons (Fsp3) is 0.467. The van der Waals surface area contributed by atoms with E-state index in [0.717, 1.165) is 22.6 Å². The summed E-state index contributed by atoms with van der Waals surface area (Å²) < 4.78 is 13.4. The molecule has 2 heterocycles. The van der Waals surface area contributed by atoms with Crippen LogP contribution in [0.1, 0.15) is 24.4 Å². The first kappa shape index (κ1) is 15.1. The second-order valence-corrected chi connectivity index (χ2v) is 6.73. The summed E-state index contributed by atoms with van der Waals surface area (Å²) in [5.41, 5.74) is 0.804. The van der Waals surface area contributed by atoms with Crippen LogP contribution in [0.5, 0.6) is 0 Å².